The molecule has 1 atom stereocenters. The maximum absolute atomic E-state index is 8.91. The number of hydrogen-bond donors (Lipinski definition) is 2. The van der Waals surface area contributed by atoms with Crippen molar-refractivity contribution >= 4 is 27.1 Å². The van der Waals surface area contributed by atoms with E-state index in [0.29, 0.717) is 5.92 Å². The molecule has 2 rings (SSSR count). The number of aliphatic hydroxyl groups excluding tert-OH is 1. The smallest absolute Gasteiger partial charge is 0.0473 e. The predicted octanol–water partition coefficient (Wildman–Crippen LogP) is 2.94. The van der Waals surface area contributed by atoms with Gasteiger partial charge in [-0.2, -0.15) is 0 Å². The van der Waals surface area contributed by atoms with Gasteiger partial charge < -0.3 is 10.4 Å². The van der Waals surface area contributed by atoms with Crippen LogP contribution in [0.3, 0.4) is 0 Å². The fourth-order valence-corrected chi connectivity index (χ4v) is 2.20. The van der Waals surface area contributed by atoms with Crippen LogP contribution in [0.1, 0.15) is 6.92 Å². The first-order valence-corrected chi connectivity index (χ1v) is 5.99. The maximum atomic E-state index is 8.91. The number of aliphatic hydroxyl groups is 1. The minimum Gasteiger partial charge on any atom is -0.396 e. The first-order valence-electron chi connectivity index (χ1n) is 5.11. The molecule has 0 bridgehead atoms. The SMILES string of the molecule is CC(CO)CNc1ccc2sccc2c1. The number of hydrogen-bond acceptors (Lipinski definition) is 3. The normalized spacial score (nSPS) is 12.9. The average Bonchev–Trinajstić information content (AvgIpc) is 2.72. The average molecular weight is 221 g/mol. The Balaban J connectivity index is 2.08. The Morgan fingerprint density at radius 2 is 2.27 bits per heavy atom. The zero-order chi connectivity index (χ0) is 10.7. The second kappa shape index (κ2) is 4.64. The van der Waals surface area contributed by atoms with E-state index in [-0.39, 0.29) is 6.61 Å². The van der Waals surface area contributed by atoms with Gasteiger partial charge in [-0.25, -0.2) is 0 Å². The largest absolute Gasteiger partial charge is 0.396 e. The molecule has 1 unspecified atom stereocenters. The van der Waals surface area contributed by atoms with Crippen LogP contribution in [0.4, 0.5) is 5.69 Å². The van der Waals surface area contributed by atoms with E-state index in [0.717, 1.165) is 12.2 Å². The van der Waals surface area contributed by atoms with Crippen LogP contribution in [0.5, 0.6) is 0 Å². The van der Waals surface area contributed by atoms with E-state index in [2.05, 4.69) is 35.0 Å². The van der Waals surface area contributed by atoms with Crippen LogP contribution in [0.25, 0.3) is 10.1 Å². The summed E-state index contributed by atoms with van der Waals surface area (Å²) in [4.78, 5) is 0. The van der Waals surface area contributed by atoms with E-state index in [1.165, 1.54) is 10.1 Å². The minimum atomic E-state index is 0.230. The Morgan fingerprint density at radius 1 is 1.40 bits per heavy atom. The van der Waals surface area contributed by atoms with Gasteiger partial charge in [-0.05, 0) is 40.9 Å². The molecule has 80 valence electrons. The summed E-state index contributed by atoms with van der Waals surface area (Å²) in [5.41, 5.74) is 1.13. The number of rotatable bonds is 4. The molecule has 0 fully saturated rings. The van der Waals surface area contributed by atoms with Crippen molar-refractivity contribution < 1.29 is 5.11 Å². The summed E-state index contributed by atoms with van der Waals surface area (Å²) in [5, 5.41) is 15.6. The van der Waals surface area contributed by atoms with Gasteiger partial charge in [-0.1, -0.05) is 6.92 Å². The second-order valence-electron chi connectivity index (χ2n) is 3.84. The van der Waals surface area contributed by atoms with Gasteiger partial charge in [0.25, 0.3) is 0 Å². The zero-order valence-electron chi connectivity index (χ0n) is 8.73. The summed E-state index contributed by atoms with van der Waals surface area (Å²) in [5.74, 6) is 0.295. The lowest BCUT2D eigenvalue weighted by Gasteiger charge is -2.10. The van der Waals surface area contributed by atoms with Crippen LogP contribution in [-0.2, 0) is 0 Å². The molecular weight excluding hydrogens is 206 g/mol. The molecule has 0 saturated heterocycles. The van der Waals surface area contributed by atoms with Gasteiger partial charge in [0.15, 0.2) is 0 Å². The van der Waals surface area contributed by atoms with E-state index < -0.39 is 0 Å². The highest BCUT2D eigenvalue weighted by Gasteiger charge is 2.00. The molecule has 0 aliphatic carbocycles. The van der Waals surface area contributed by atoms with Crippen molar-refractivity contribution in [1.29, 1.82) is 0 Å². The standard InChI is InChI=1S/C12H15NOS/c1-9(8-14)7-13-11-2-3-12-10(6-11)4-5-15-12/h2-6,9,13-14H,7-8H2,1H3. The number of thiophene rings is 1. The molecule has 2 N–H and O–H groups in total. The third-order valence-corrected chi connectivity index (χ3v) is 3.32. The number of nitrogens with one attached hydrogen (secondary N) is 1. The summed E-state index contributed by atoms with van der Waals surface area (Å²) in [6, 6.07) is 8.49. The molecule has 1 aromatic heterocycles. The first kappa shape index (κ1) is 10.5. The van der Waals surface area contributed by atoms with E-state index in [4.69, 9.17) is 5.11 Å². The van der Waals surface area contributed by atoms with Crippen LogP contribution >= 0.6 is 11.3 Å². The molecule has 2 nitrogen and oxygen atoms in total. The topological polar surface area (TPSA) is 32.3 Å². The molecule has 1 heterocycles. The lowest BCUT2D eigenvalue weighted by atomic mass is 10.2. The van der Waals surface area contributed by atoms with Crippen molar-refractivity contribution in [1.82, 2.24) is 0 Å². The van der Waals surface area contributed by atoms with Crippen LogP contribution in [-0.4, -0.2) is 18.3 Å². The Bertz CT molecular complexity index is 438. The van der Waals surface area contributed by atoms with Gasteiger partial charge in [0.1, 0.15) is 0 Å². The summed E-state index contributed by atoms with van der Waals surface area (Å²) in [6.07, 6.45) is 0. The highest BCUT2D eigenvalue weighted by atomic mass is 32.1. The van der Waals surface area contributed by atoms with Crippen molar-refractivity contribution in [3.8, 4) is 0 Å². The second-order valence-corrected chi connectivity index (χ2v) is 4.79. The first-order chi connectivity index (χ1) is 7.29. The molecule has 2 aromatic rings. The molecule has 0 radical (unpaired) electrons. The van der Waals surface area contributed by atoms with Crippen LogP contribution in [0, 0.1) is 5.92 Å². The quantitative estimate of drug-likeness (QED) is 0.832. The van der Waals surface area contributed by atoms with Crippen molar-refractivity contribution in [3.05, 3.63) is 29.6 Å². The van der Waals surface area contributed by atoms with E-state index in [1.54, 1.807) is 11.3 Å². The van der Waals surface area contributed by atoms with Gasteiger partial charge >= 0.3 is 0 Å². The van der Waals surface area contributed by atoms with Gasteiger partial charge in [-0.15, -0.1) is 11.3 Å². The zero-order valence-corrected chi connectivity index (χ0v) is 9.55. The lowest BCUT2D eigenvalue weighted by Crippen LogP contribution is -2.14. The van der Waals surface area contributed by atoms with E-state index in [9.17, 15) is 0 Å². The monoisotopic (exact) mass is 221 g/mol. The highest BCUT2D eigenvalue weighted by Crippen LogP contribution is 2.23. The number of fused-ring (bicyclic) bond motifs is 1. The van der Waals surface area contributed by atoms with Crippen LogP contribution in [0.2, 0.25) is 0 Å². The van der Waals surface area contributed by atoms with Crippen LogP contribution < -0.4 is 5.32 Å². The summed E-state index contributed by atoms with van der Waals surface area (Å²) >= 11 is 1.76. The Hall–Kier alpha value is -1.06. The van der Waals surface area contributed by atoms with Crippen molar-refractivity contribution in [2.24, 2.45) is 5.92 Å². The molecule has 1 aromatic carbocycles. The predicted molar refractivity (Wildman–Crippen MR) is 66.6 cm³/mol. The van der Waals surface area contributed by atoms with Crippen molar-refractivity contribution in [2.45, 2.75) is 6.92 Å². The van der Waals surface area contributed by atoms with Gasteiger partial charge in [0.2, 0.25) is 0 Å². The van der Waals surface area contributed by atoms with E-state index >= 15 is 0 Å². The van der Waals surface area contributed by atoms with Crippen LogP contribution in [0.15, 0.2) is 29.6 Å². The summed E-state index contributed by atoms with van der Waals surface area (Å²) in [6.45, 7) is 3.07. The maximum Gasteiger partial charge on any atom is 0.0473 e. The Kier molecular flexibility index (Phi) is 3.23. The van der Waals surface area contributed by atoms with Gasteiger partial charge in [0.05, 0.1) is 0 Å². The van der Waals surface area contributed by atoms with Crippen molar-refractivity contribution in [3.63, 3.8) is 0 Å². The Labute approximate surface area is 93.6 Å². The molecule has 0 aliphatic rings. The molecule has 15 heavy (non-hydrogen) atoms. The van der Waals surface area contributed by atoms with Gasteiger partial charge in [-0.3, -0.25) is 0 Å². The third kappa shape index (κ3) is 2.49. The fraction of sp³-hybridized carbons (Fsp3) is 0.333. The molecule has 0 saturated carbocycles. The Morgan fingerprint density at radius 3 is 3.07 bits per heavy atom. The molecule has 3 heteroatoms. The van der Waals surface area contributed by atoms with E-state index in [1.807, 2.05) is 6.92 Å². The lowest BCUT2D eigenvalue weighted by molar-refractivity contribution is 0.244. The molecular formula is C12H15NOS. The number of anilines is 1. The fourth-order valence-electron chi connectivity index (χ4n) is 1.43. The summed E-state index contributed by atoms with van der Waals surface area (Å²) < 4.78 is 1.32. The van der Waals surface area contributed by atoms with Crippen molar-refractivity contribution in [2.75, 3.05) is 18.5 Å². The van der Waals surface area contributed by atoms with Gasteiger partial charge in [0, 0.05) is 23.5 Å². The number of benzene rings is 1. The molecule has 0 amide bonds. The minimum absolute atomic E-state index is 0.230. The highest BCUT2D eigenvalue weighted by molar-refractivity contribution is 7.17. The summed E-state index contributed by atoms with van der Waals surface area (Å²) in [7, 11) is 0. The molecule has 0 aliphatic heterocycles. The molecule has 0 spiro atoms. The third-order valence-electron chi connectivity index (χ3n) is 2.42.